The molecule has 4 nitrogen and oxygen atoms in total. The van der Waals surface area contributed by atoms with Crippen LogP contribution < -0.4 is 10.9 Å². The highest BCUT2D eigenvalue weighted by Crippen LogP contribution is 2.29. The Morgan fingerprint density at radius 3 is 2.72 bits per heavy atom. The molecule has 1 aliphatic heterocycles. The smallest absolute Gasteiger partial charge is 0.255 e. The van der Waals surface area contributed by atoms with Crippen LogP contribution in [-0.4, -0.2) is 15.7 Å². The molecule has 0 bridgehead atoms. The Hall–Kier alpha value is -3.18. The number of aromatic nitrogens is 2. The van der Waals surface area contributed by atoms with Crippen LogP contribution in [0.5, 0.6) is 0 Å². The van der Waals surface area contributed by atoms with Crippen LogP contribution in [0.25, 0.3) is 27.7 Å². The van der Waals surface area contributed by atoms with Gasteiger partial charge >= 0.3 is 0 Å². The van der Waals surface area contributed by atoms with Crippen LogP contribution in [0.1, 0.15) is 16.8 Å². The van der Waals surface area contributed by atoms with Gasteiger partial charge in [-0.2, -0.15) is 0 Å². The summed E-state index contributed by atoms with van der Waals surface area (Å²) in [5.41, 5.74) is 6.34. The van der Waals surface area contributed by atoms with Crippen molar-refractivity contribution in [2.75, 3.05) is 6.54 Å². The molecular weight excluding hydrogens is 365 g/mol. The fourth-order valence-corrected chi connectivity index (χ4v) is 4.34. The lowest BCUT2D eigenvalue weighted by atomic mass is 10.0. The molecule has 0 spiro atoms. The average molecular weight is 387 g/mol. The molecule has 0 aliphatic carbocycles. The maximum Gasteiger partial charge on any atom is 0.255 e. The molecule has 0 atom stereocenters. The maximum absolute atomic E-state index is 14.3. The van der Waals surface area contributed by atoms with E-state index in [0.29, 0.717) is 11.1 Å². The zero-order chi connectivity index (χ0) is 20.1. The molecule has 0 unspecified atom stereocenters. The molecule has 4 aromatic rings. The van der Waals surface area contributed by atoms with Gasteiger partial charge < -0.3 is 9.88 Å². The number of benzene rings is 2. The zero-order valence-corrected chi connectivity index (χ0v) is 16.5. The number of rotatable bonds is 2. The van der Waals surface area contributed by atoms with E-state index in [4.69, 9.17) is 0 Å². The summed E-state index contributed by atoms with van der Waals surface area (Å²) in [6.45, 7) is 3.70. The van der Waals surface area contributed by atoms with Crippen molar-refractivity contribution in [2.24, 2.45) is 7.05 Å². The lowest BCUT2D eigenvalue weighted by molar-refractivity contribution is 0.614. The number of nitrogens with zero attached hydrogens (tertiary/aromatic N) is 2. The highest BCUT2D eigenvalue weighted by molar-refractivity contribution is 5.87. The summed E-state index contributed by atoms with van der Waals surface area (Å²) >= 11 is 0. The Morgan fingerprint density at radius 1 is 1.07 bits per heavy atom. The molecule has 3 heterocycles. The summed E-state index contributed by atoms with van der Waals surface area (Å²) in [5.74, 6) is -0.313. The van der Waals surface area contributed by atoms with Crippen molar-refractivity contribution in [1.29, 1.82) is 0 Å². The fraction of sp³-hybridized carbons (Fsp3) is 0.208. The Morgan fingerprint density at radius 2 is 1.93 bits per heavy atom. The molecule has 2 aromatic heterocycles. The first-order valence-electron chi connectivity index (χ1n) is 9.83. The summed E-state index contributed by atoms with van der Waals surface area (Å²) in [7, 11) is 2.07. The highest BCUT2D eigenvalue weighted by atomic mass is 19.1. The topological polar surface area (TPSA) is 39.0 Å². The highest BCUT2D eigenvalue weighted by Gasteiger charge is 2.18. The molecule has 1 aliphatic rings. The molecular formula is C24H22FN3O. The summed E-state index contributed by atoms with van der Waals surface area (Å²) in [4.78, 5) is 12.8. The summed E-state index contributed by atoms with van der Waals surface area (Å²) in [5, 5.41) is 4.67. The predicted octanol–water partition coefficient (Wildman–Crippen LogP) is 4.09. The van der Waals surface area contributed by atoms with Crippen LogP contribution >= 0.6 is 0 Å². The van der Waals surface area contributed by atoms with E-state index in [-0.39, 0.29) is 11.4 Å². The van der Waals surface area contributed by atoms with Crippen molar-refractivity contribution in [3.8, 4) is 16.8 Å². The molecule has 29 heavy (non-hydrogen) atoms. The number of halogens is 1. The van der Waals surface area contributed by atoms with Crippen molar-refractivity contribution >= 4 is 10.9 Å². The van der Waals surface area contributed by atoms with Crippen LogP contribution in [0.2, 0.25) is 0 Å². The first-order chi connectivity index (χ1) is 14.0. The molecule has 0 saturated carbocycles. The van der Waals surface area contributed by atoms with Gasteiger partial charge in [-0.05, 0) is 60.8 Å². The number of fused-ring (bicyclic) bond motifs is 3. The maximum atomic E-state index is 14.3. The number of hydrogen-bond donors (Lipinski definition) is 1. The Kier molecular flexibility index (Phi) is 4.14. The molecule has 146 valence electrons. The summed E-state index contributed by atoms with van der Waals surface area (Å²) in [6.07, 6.45) is 2.74. The third-order valence-electron chi connectivity index (χ3n) is 5.90. The predicted molar refractivity (Wildman–Crippen MR) is 114 cm³/mol. The van der Waals surface area contributed by atoms with Crippen molar-refractivity contribution in [1.82, 2.24) is 14.5 Å². The van der Waals surface area contributed by atoms with Crippen molar-refractivity contribution in [2.45, 2.75) is 19.9 Å². The molecule has 1 N–H and O–H groups in total. The van der Waals surface area contributed by atoms with Crippen LogP contribution in [0.3, 0.4) is 0 Å². The van der Waals surface area contributed by atoms with E-state index in [1.807, 2.05) is 19.1 Å². The van der Waals surface area contributed by atoms with E-state index in [1.54, 1.807) is 22.9 Å². The Bertz CT molecular complexity index is 1320. The SMILES string of the molecule is Cc1ccc(-c2ccn(-c3ccc4c5c(n(C)c4c3)CNCC5)c(=O)c2)c(F)c1. The lowest BCUT2D eigenvalue weighted by Crippen LogP contribution is -2.24. The average Bonchev–Trinajstić information content (AvgIpc) is 3.00. The fourth-order valence-electron chi connectivity index (χ4n) is 4.34. The minimum atomic E-state index is -0.313. The van der Waals surface area contributed by atoms with E-state index in [2.05, 4.69) is 29.1 Å². The Labute approximate surface area is 168 Å². The second kappa shape index (κ2) is 6.71. The first-order valence-corrected chi connectivity index (χ1v) is 9.83. The Balaban J connectivity index is 1.60. The standard InChI is InChI=1S/C24H22FN3O/c1-15-3-5-18(21(25)11-15)16-8-10-28(24(29)12-16)17-4-6-19-20-7-9-26-14-23(20)27(2)22(19)13-17/h3-6,8,10-13,26H,7,9,14H2,1-2H3. The zero-order valence-electron chi connectivity index (χ0n) is 16.5. The second-order valence-electron chi connectivity index (χ2n) is 7.72. The minimum Gasteiger partial charge on any atom is -0.346 e. The largest absolute Gasteiger partial charge is 0.346 e. The van der Waals surface area contributed by atoms with Crippen molar-refractivity contribution in [3.63, 3.8) is 0 Å². The van der Waals surface area contributed by atoms with E-state index in [0.717, 1.165) is 36.3 Å². The van der Waals surface area contributed by atoms with Crippen LogP contribution in [0.4, 0.5) is 4.39 Å². The van der Waals surface area contributed by atoms with Gasteiger partial charge in [0.25, 0.3) is 5.56 Å². The third kappa shape index (κ3) is 2.89. The van der Waals surface area contributed by atoms with Crippen molar-refractivity contribution in [3.05, 3.63) is 87.7 Å². The molecule has 0 amide bonds. The normalized spacial score (nSPS) is 13.6. The molecule has 0 saturated heterocycles. The van der Waals surface area contributed by atoms with Gasteiger partial charge in [0.05, 0.1) is 11.2 Å². The minimum absolute atomic E-state index is 0.178. The quantitative estimate of drug-likeness (QED) is 0.563. The number of hydrogen-bond acceptors (Lipinski definition) is 2. The van der Waals surface area contributed by atoms with Gasteiger partial charge in [-0.15, -0.1) is 0 Å². The first kappa shape index (κ1) is 17.9. The lowest BCUT2D eigenvalue weighted by Gasteiger charge is -2.14. The van der Waals surface area contributed by atoms with Gasteiger partial charge in [0.2, 0.25) is 0 Å². The second-order valence-corrected chi connectivity index (χ2v) is 7.72. The van der Waals surface area contributed by atoms with Gasteiger partial charge in [-0.1, -0.05) is 18.2 Å². The van der Waals surface area contributed by atoms with Gasteiger partial charge in [0, 0.05) is 42.5 Å². The van der Waals surface area contributed by atoms with E-state index in [1.165, 1.54) is 28.8 Å². The molecule has 5 rings (SSSR count). The third-order valence-corrected chi connectivity index (χ3v) is 5.90. The molecule has 5 heteroatoms. The van der Waals surface area contributed by atoms with E-state index >= 15 is 0 Å². The number of aryl methyl sites for hydroxylation is 2. The van der Waals surface area contributed by atoms with Crippen LogP contribution in [0.15, 0.2) is 59.5 Å². The van der Waals surface area contributed by atoms with Gasteiger partial charge in [0.15, 0.2) is 0 Å². The van der Waals surface area contributed by atoms with Gasteiger partial charge in [-0.3, -0.25) is 9.36 Å². The molecule has 0 fully saturated rings. The number of pyridine rings is 1. The number of nitrogens with one attached hydrogen (secondary N) is 1. The molecule has 0 radical (unpaired) electrons. The molecule has 2 aromatic carbocycles. The van der Waals surface area contributed by atoms with E-state index < -0.39 is 0 Å². The van der Waals surface area contributed by atoms with Crippen molar-refractivity contribution < 1.29 is 4.39 Å². The van der Waals surface area contributed by atoms with Crippen LogP contribution in [-0.2, 0) is 20.0 Å². The summed E-state index contributed by atoms with van der Waals surface area (Å²) in [6, 6.07) is 14.5. The summed E-state index contributed by atoms with van der Waals surface area (Å²) < 4.78 is 18.1. The van der Waals surface area contributed by atoms with Gasteiger partial charge in [0.1, 0.15) is 5.82 Å². The van der Waals surface area contributed by atoms with E-state index in [9.17, 15) is 9.18 Å². The van der Waals surface area contributed by atoms with Gasteiger partial charge in [-0.25, -0.2) is 4.39 Å². The monoisotopic (exact) mass is 387 g/mol. The van der Waals surface area contributed by atoms with Crippen LogP contribution in [0, 0.1) is 12.7 Å².